The Hall–Kier alpha value is -3.79. The van der Waals surface area contributed by atoms with Gasteiger partial charge in [-0.3, -0.25) is 9.52 Å². The average Bonchev–Trinajstić information content (AvgIpc) is 2.83. The molecular formula is C24H27N3O6S. The van der Waals surface area contributed by atoms with E-state index in [1.54, 1.807) is 36.4 Å². The molecule has 1 heterocycles. The van der Waals surface area contributed by atoms with Gasteiger partial charge in [0, 0.05) is 24.4 Å². The van der Waals surface area contributed by atoms with Crippen molar-refractivity contribution >= 4 is 21.6 Å². The highest BCUT2D eigenvalue weighted by molar-refractivity contribution is 7.92. The van der Waals surface area contributed by atoms with Crippen molar-refractivity contribution in [2.24, 2.45) is 0 Å². The van der Waals surface area contributed by atoms with Crippen LogP contribution in [0, 0.1) is 0 Å². The van der Waals surface area contributed by atoms with Crippen LogP contribution in [-0.2, 0) is 10.0 Å². The molecule has 0 radical (unpaired) electrons. The number of ether oxygens (including phenoxy) is 3. The Labute approximate surface area is 199 Å². The van der Waals surface area contributed by atoms with Crippen molar-refractivity contribution in [3.8, 4) is 23.1 Å². The van der Waals surface area contributed by atoms with Crippen molar-refractivity contribution < 1.29 is 27.4 Å². The van der Waals surface area contributed by atoms with E-state index in [-0.39, 0.29) is 39.7 Å². The third kappa shape index (κ3) is 5.96. The second kappa shape index (κ2) is 10.9. The van der Waals surface area contributed by atoms with Crippen molar-refractivity contribution in [2.75, 3.05) is 18.9 Å². The molecule has 0 saturated heterocycles. The lowest BCUT2D eigenvalue weighted by Gasteiger charge is -2.15. The summed E-state index contributed by atoms with van der Waals surface area (Å²) in [6.45, 7) is 3.88. The number of rotatable bonds is 10. The maximum Gasteiger partial charge on any atom is 0.265 e. The summed E-state index contributed by atoms with van der Waals surface area (Å²) in [6, 6.07) is 14.1. The number of hydrogen-bond donors (Lipinski definition) is 2. The summed E-state index contributed by atoms with van der Waals surface area (Å²) < 4.78 is 44.8. The number of hydrogen-bond acceptors (Lipinski definition) is 7. The first-order valence-corrected chi connectivity index (χ1v) is 12.0. The molecule has 3 aromatic rings. The summed E-state index contributed by atoms with van der Waals surface area (Å²) >= 11 is 0. The van der Waals surface area contributed by atoms with Crippen molar-refractivity contribution in [1.82, 2.24) is 10.3 Å². The Bertz CT molecular complexity index is 1260. The van der Waals surface area contributed by atoms with E-state index in [0.29, 0.717) is 11.5 Å². The van der Waals surface area contributed by atoms with E-state index >= 15 is 0 Å². The van der Waals surface area contributed by atoms with Crippen LogP contribution in [0.5, 0.6) is 23.1 Å². The molecule has 0 spiro atoms. The molecule has 1 atom stereocenters. The van der Waals surface area contributed by atoms with Crippen molar-refractivity contribution in [1.29, 1.82) is 0 Å². The van der Waals surface area contributed by atoms with E-state index in [1.165, 1.54) is 38.6 Å². The number of carbonyl (C=O) groups excluding carboxylic acids is 1. The molecule has 0 aliphatic rings. The molecular weight excluding hydrogens is 458 g/mol. The number of amides is 1. The molecule has 10 heteroatoms. The van der Waals surface area contributed by atoms with Gasteiger partial charge in [-0.1, -0.05) is 13.0 Å². The fourth-order valence-electron chi connectivity index (χ4n) is 2.99. The number of benzene rings is 2. The molecule has 180 valence electrons. The highest BCUT2D eigenvalue weighted by Crippen LogP contribution is 2.31. The first-order chi connectivity index (χ1) is 16.3. The summed E-state index contributed by atoms with van der Waals surface area (Å²) in [7, 11) is -1.17. The second-order valence-electron chi connectivity index (χ2n) is 7.39. The molecule has 34 heavy (non-hydrogen) atoms. The van der Waals surface area contributed by atoms with Gasteiger partial charge in [0.1, 0.15) is 27.7 Å². The van der Waals surface area contributed by atoms with Crippen LogP contribution < -0.4 is 24.2 Å². The Kier molecular flexibility index (Phi) is 7.95. The van der Waals surface area contributed by atoms with Crippen molar-refractivity contribution in [2.45, 2.75) is 31.2 Å². The van der Waals surface area contributed by atoms with Gasteiger partial charge in [0.25, 0.3) is 15.9 Å². The van der Waals surface area contributed by atoms with E-state index in [2.05, 4.69) is 15.0 Å². The third-order valence-electron chi connectivity index (χ3n) is 4.97. The van der Waals surface area contributed by atoms with Gasteiger partial charge in [-0.05, 0) is 49.7 Å². The first kappa shape index (κ1) is 24.8. The van der Waals surface area contributed by atoms with Gasteiger partial charge in [-0.15, -0.1) is 0 Å². The number of aromatic nitrogens is 1. The SMILES string of the molecule is CC[C@H](C)NC(=O)c1cccnc1Oc1cccc(NS(=O)(=O)c2cc(OC)ccc2OC)c1. The van der Waals surface area contributed by atoms with E-state index in [1.807, 2.05) is 13.8 Å². The summed E-state index contributed by atoms with van der Waals surface area (Å²) in [4.78, 5) is 16.7. The van der Waals surface area contributed by atoms with Crippen LogP contribution in [0.4, 0.5) is 5.69 Å². The molecule has 2 N–H and O–H groups in total. The Morgan fingerprint density at radius 2 is 1.82 bits per heavy atom. The van der Waals surface area contributed by atoms with Gasteiger partial charge in [-0.25, -0.2) is 13.4 Å². The van der Waals surface area contributed by atoms with Crippen molar-refractivity contribution in [3.63, 3.8) is 0 Å². The average molecular weight is 486 g/mol. The quantitative estimate of drug-likeness (QED) is 0.442. The smallest absolute Gasteiger partial charge is 0.265 e. The second-order valence-corrected chi connectivity index (χ2v) is 9.04. The summed E-state index contributed by atoms with van der Waals surface area (Å²) in [5.41, 5.74) is 0.527. The molecule has 1 aromatic heterocycles. The van der Waals surface area contributed by atoms with Crippen LogP contribution in [0.15, 0.2) is 65.7 Å². The number of carbonyl (C=O) groups is 1. The summed E-state index contributed by atoms with van der Waals surface area (Å²) in [5.74, 6) is 0.647. The van der Waals surface area contributed by atoms with Crippen LogP contribution in [0.25, 0.3) is 0 Å². The molecule has 0 aliphatic carbocycles. The summed E-state index contributed by atoms with van der Waals surface area (Å²) in [5, 5.41) is 2.88. The van der Waals surface area contributed by atoms with Crippen molar-refractivity contribution in [3.05, 3.63) is 66.4 Å². The van der Waals surface area contributed by atoms with Crippen LogP contribution in [0.2, 0.25) is 0 Å². The molecule has 0 fully saturated rings. The lowest BCUT2D eigenvalue weighted by atomic mass is 10.2. The van der Waals surface area contributed by atoms with E-state index < -0.39 is 10.0 Å². The summed E-state index contributed by atoms with van der Waals surface area (Å²) in [6.07, 6.45) is 2.29. The van der Waals surface area contributed by atoms with E-state index in [9.17, 15) is 13.2 Å². The highest BCUT2D eigenvalue weighted by atomic mass is 32.2. The lowest BCUT2D eigenvalue weighted by molar-refractivity contribution is 0.0936. The van der Waals surface area contributed by atoms with Gasteiger partial charge in [0.05, 0.1) is 19.9 Å². The zero-order valence-corrected chi connectivity index (χ0v) is 20.2. The molecule has 0 aliphatic heterocycles. The van der Waals surface area contributed by atoms with E-state index in [0.717, 1.165) is 6.42 Å². The number of pyridine rings is 1. The monoisotopic (exact) mass is 485 g/mol. The predicted octanol–water partition coefficient (Wildman–Crippen LogP) is 4.22. The zero-order valence-electron chi connectivity index (χ0n) is 19.4. The van der Waals surface area contributed by atoms with Gasteiger partial charge in [-0.2, -0.15) is 0 Å². The minimum absolute atomic E-state index is 0.00751. The van der Waals surface area contributed by atoms with Crippen LogP contribution in [-0.4, -0.2) is 39.6 Å². The minimum Gasteiger partial charge on any atom is -0.497 e. The Morgan fingerprint density at radius 3 is 2.53 bits per heavy atom. The maximum atomic E-state index is 13.0. The van der Waals surface area contributed by atoms with Gasteiger partial charge in [0.15, 0.2) is 0 Å². The number of nitrogens with one attached hydrogen (secondary N) is 2. The normalized spacial score (nSPS) is 11.9. The van der Waals surface area contributed by atoms with Gasteiger partial charge < -0.3 is 19.5 Å². The van der Waals surface area contributed by atoms with E-state index in [4.69, 9.17) is 14.2 Å². The Balaban J connectivity index is 1.85. The third-order valence-corrected chi connectivity index (χ3v) is 6.37. The number of anilines is 1. The van der Waals surface area contributed by atoms with Gasteiger partial charge >= 0.3 is 0 Å². The molecule has 9 nitrogen and oxygen atoms in total. The fourth-order valence-corrected chi connectivity index (χ4v) is 4.22. The number of sulfonamides is 1. The molecule has 0 saturated carbocycles. The predicted molar refractivity (Wildman–Crippen MR) is 128 cm³/mol. The molecule has 3 rings (SSSR count). The maximum absolute atomic E-state index is 13.0. The standard InChI is InChI=1S/C24H27N3O6S/c1-5-16(2)26-23(28)20-10-7-13-25-24(20)33-19-9-6-8-17(14-19)27-34(29,30)22-15-18(31-3)11-12-21(22)32-4/h6-16,27H,5H2,1-4H3,(H,26,28)/t16-/m0/s1. The van der Waals surface area contributed by atoms with Crippen LogP contribution in [0.3, 0.4) is 0 Å². The van der Waals surface area contributed by atoms with Gasteiger partial charge in [0.2, 0.25) is 5.88 Å². The number of methoxy groups -OCH3 is 2. The Morgan fingerprint density at radius 1 is 1.03 bits per heavy atom. The first-order valence-electron chi connectivity index (χ1n) is 10.6. The molecule has 0 bridgehead atoms. The highest BCUT2D eigenvalue weighted by Gasteiger charge is 2.21. The molecule has 1 amide bonds. The fraction of sp³-hybridized carbons (Fsp3) is 0.250. The largest absolute Gasteiger partial charge is 0.497 e. The minimum atomic E-state index is -4.01. The zero-order chi connectivity index (χ0) is 24.7. The molecule has 2 aromatic carbocycles. The van der Waals surface area contributed by atoms with Crippen LogP contribution in [0.1, 0.15) is 30.6 Å². The van der Waals surface area contributed by atoms with Crippen LogP contribution >= 0.6 is 0 Å². The topological polar surface area (TPSA) is 116 Å². The number of nitrogens with zero attached hydrogens (tertiary/aromatic N) is 1. The lowest BCUT2D eigenvalue weighted by Crippen LogP contribution is -2.32. The molecule has 0 unspecified atom stereocenters.